The molecule has 0 aliphatic rings. The van der Waals surface area contributed by atoms with Crippen molar-refractivity contribution in [1.82, 2.24) is 4.98 Å². The molecule has 1 amide bonds. The van der Waals surface area contributed by atoms with Crippen molar-refractivity contribution in [3.05, 3.63) is 38.8 Å². The normalized spacial score (nSPS) is 10.3. The van der Waals surface area contributed by atoms with E-state index < -0.39 is 0 Å². The van der Waals surface area contributed by atoms with Crippen LogP contribution in [0.2, 0.25) is 0 Å². The molecule has 7 heteroatoms. The van der Waals surface area contributed by atoms with Gasteiger partial charge in [-0.1, -0.05) is 15.9 Å². The van der Waals surface area contributed by atoms with Gasteiger partial charge < -0.3 is 15.8 Å². The number of rotatable bonds is 4. The summed E-state index contributed by atoms with van der Waals surface area (Å²) in [5.41, 5.74) is 6.47. The van der Waals surface area contributed by atoms with Crippen LogP contribution in [0.4, 0.5) is 5.69 Å². The maximum atomic E-state index is 12.0. The number of amides is 1. The number of methoxy groups -OCH3 is 1. The highest BCUT2D eigenvalue weighted by atomic mass is 79.9. The predicted octanol–water partition coefficient (Wildman–Crippen LogP) is 2.63. The Kier molecular flexibility index (Phi) is 4.52. The summed E-state index contributed by atoms with van der Waals surface area (Å²) in [6.07, 6.45) is 0. The molecule has 0 unspecified atom stereocenters. The van der Waals surface area contributed by atoms with E-state index in [0.29, 0.717) is 23.7 Å². The van der Waals surface area contributed by atoms with Gasteiger partial charge in [0.05, 0.1) is 7.11 Å². The third-order valence-electron chi connectivity index (χ3n) is 2.32. The number of hydrogen-bond acceptors (Lipinski definition) is 5. The molecule has 1 aromatic carbocycles. The van der Waals surface area contributed by atoms with Crippen LogP contribution < -0.4 is 15.8 Å². The molecular weight excluding hydrogens is 330 g/mol. The molecule has 0 saturated carbocycles. The quantitative estimate of drug-likeness (QED) is 0.895. The molecule has 5 nitrogen and oxygen atoms in total. The molecule has 0 atom stereocenters. The third-order valence-corrected chi connectivity index (χ3v) is 3.65. The van der Waals surface area contributed by atoms with Crippen LogP contribution in [0.15, 0.2) is 28.1 Å². The van der Waals surface area contributed by atoms with Crippen LogP contribution in [0.1, 0.15) is 15.5 Å². The van der Waals surface area contributed by atoms with Gasteiger partial charge in [0.15, 0.2) is 0 Å². The monoisotopic (exact) mass is 341 g/mol. The first-order valence-electron chi connectivity index (χ1n) is 5.43. The Morgan fingerprint density at radius 3 is 2.95 bits per heavy atom. The number of thiazole rings is 1. The van der Waals surface area contributed by atoms with Crippen LogP contribution in [0.3, 0.4) is 0 Å². The lowest BCUT2D eigenvalue weighted by Crippen LogP contribution is -2.12. The number of aromatic nitrogens is 1. The van der Waals surface area contributed by atoms with E-state index in [-0.39, 0.29) is 5.91 Å². The number of nitrogens with two attached hydrogens (primary N) is 1. The first-order valence-corrected chi connectivity index (χ1v) is 7.10. The number of ether oxygens (including phenoxy) is 1. The molecule has 2 rings (SSSR count). The molecule has 1 heterocycles. The molecule has 0 bridgehead atoms. The summed E-state index contributed by atoms with van der Waals surface area (Å²) < 4.78 is 5.96. The van der Waals surface area contributed by atoms with Gasteiger partial charge in [0.2, 0.25) is 0 Å². The number of carbonyl (C=O) groups is 1. The van der Waals surface area contributed by atoms with E-state index in [1.165, 1.54) is 11.3 Å². The fourth-order valence-electron chi connectivity index (χ4n) is 1.46. The SMILES string of the molecule is COc1cc(Br)cc(NC(=O)c2csc(CN)n2)c1. The molecule has 0 fully saturated rings. The Labute approximate surface area is 122 Å². The minimum Gasteiger partial charge on any atom is -0.497 e. The Hall–Kier alpha value is -1.44. The molecule has 19 heavy (non-hydrogen) atoms. The summed E-state index contributed by atoms with van der Waals surface area (Å²) in [5.74, 6) is 0.390. The number of halogens is 1. The van der Waals surface area contributed by atoms with Crippen LogP contribution in [0.25, 0.3) is 0 Å². The topological polar surface area (TPSA) is 77.2 Å². The first-order chi connectivity index (χ1) is 9.12. The Morgan fingerprint density at radius 1 is 1.53 bits per heavy atom. The fraction of sp³-hybridized carbons (Fsp3) is 0.167. The lowest BCUT2D eigenvalue weighted by atomic mass is 10.3. The number of benzene rings is 1. The highest BCUT2D eigenvalue weighted by Gasteiger charge is 2.11. The van der Waals surface area contributed by atoms with Gasteiger partial charge in [0, 0.05) is 28.2 Å². The molecule has 0 saturated heterocycles. The molecule has 0 radical (unpaired) electrons. The summed E-state index contributed by atoms with van der Waals surface area (Å²) in [4.78, 5) is 16.1. The van der Waals surface area contributed by atoms with Crippen molar-refractivity contribution in [2.75, 3.05) is 12.4 Å². The van der Waals surface area contributed by atoms with E-state index in [0.717, 1.165) is 9.48 Å². The predicted molar refractivity (Wildman–Crippen MR) is 78.7 cm³/mol. The van der Waals surface area contributed by atoms with Crippen LogP contribution in [-0.2, 0) is 6.54 Å². The van der Waals surface area contributed by atoms with Crippen molar-refractivity contribution < 1.29 is 9.53 Å². The van der Waals surface area contributed by atoms with Gasteiger partial charge in [-0.2, -0.15) is 0 Å². The number of nitrogens with one attached hydrogen (secondary N) is 1. The van der Waals surface area contributed by atoms with Crippen LogP contribution in [-0.4, -0.2) is 18.0 Å². The summed E-state index contributed by atoms with van der Waals surface area (Å²) in [6, 6.07) is 5.33. The second-order valence-corrected chi connectivity index (χ2v) is 5.52. The number of anilines is 1. The van der Waals surface area contributed by atoms with E-state index in [2.05, 4.69) is 26.2 Å². The van der Waals surface area contributed by atoms with Gasteiger partial charge in [-0.15, -0.1) is 11.3 Å². The van der Waals surface area contributed by atoms with Gasteiger partial charge in [0.1, 0.15) is 16.5 Å². The first kappa shape index (κ1) is 14.0. The Morgan fingerprint density at radius 2 is 2.32 bits per heavy atom. The Bertz CT molecular complexity index is 600. The highest BCUT2D eigenvalue weighted by molar-refractivity contribution is 9.10. The minimum atomic E-state index is -0.267. The van der Waals surface area contributed by atoms with Crippen LogP contribution >= 0.6 is 27.3 Å². The van der Waals surface area contributed by atoms with E-state index in [4.69, 9.17) is 10.5 Å². The molecule has 1 aromatic heterocycles. The zero-order chi connectivity index (χ0) is 13.8. The number of carbonyl (C=O) groups excluding carboxylic acids is 1. The second-order valence-electron chi connectivity index (χ2n) is 3.66. The van der Waals surface area contributed by atoms with Gasteiger partial charge in [-0.25, -0.2) is 4.98 Å². The lowest BCUT2D eigenvalue weighted by Gasteiger charge is -2.07. The maximum absolute atomic E-state index is 12.0. The van der Waals surface area contributed by atoms with Gasteiger partial charge >= 0.3 is 0 Å². The van der Waals surface area contributed by atoms with Crippen LogP contribution in [0, 0.1) is 0 Å². The van der Waals surface area contributed by atoms with E-state index in [1.807, 2.05) is 6.07 Å². The fourth-order valence-corrected chi connectivity index (χ4v) is 2.58. The summed E-state index contributed by atoms with van der Waals surface area (Å²) in [7, 11) is 1.57. The van der Waals surface area contributed by atoms with Gasteiger partial charge in [0.25, 0.3) is 5.91 Å². The average Bonchev–Trinajstić information content (AvgIpc) is 2.86. The smallest absolute Gasteiger partial charge is 0.275 e. The van der Waals surface area contributed by atoms with E-state index >= 15 is 0 Å². The highest BCUT2D eigenvalue weighted by Crippen LogP contribution is 2.25. The van der Waals surface area contributed by atoms with Crippen molar-refractivity contribution in [2.45, 2.75) is 6.54 Å². The third kappa shape index (κ3) is 3.52. The zero-order valence-electron chi connectivity index (χ0n) is 10.1. The second kappa shape index (κ2) is 6.14. The minimum absolute atomic E-state index is 0.267. The summed E-state index contributed by atoms with van der Waals surface area (Å²) in [6.45, 7) is 0.336. The van der Waals surface area contributed by atoms with E-state index in [1.54, 1.807) is 24.6 Å². The zero-order valence-corrected chi connectivity index (χ0v) is 12.5. The van der Waals surface area contributed by atoms with Gasteiger partial charge in [-0.3, -0.25) is 4.79 Å². The van der Waals surface area contributed by atoms with Crippen LogP contribution in [0.5, 0.6) is 5.75 Å². The van der Waals surface area contributed by atoms with Crippen molar-refractivity contribution in [2.24, 2.45) is 5.73 Å². The molecule has 0 aliphatic heterocycles. The number of nitrogens with zero attached hydrogens (tertiary/aromatic N) is 1. The van der Waals surface area contributed by atoms with Gasteiger partial charge in [-0.05, 0) is 12.1 Å². The largest absolute Gasteiger partial charge is 0.497 e. The van der Waals surface area contributed by atoms with E-state index in [9.17, 15) is 4.79 Å². The standard InChI is InChI=1S/C12H12BrN3O2S/c1-18-9-3-7(13)2-8(4-9)15-12(17)10-6-19-11(5-14)16-10/h2-4,6H,5,14H2,1H3,(H,15,17). The molecule has 2 aromatic rings. The molecular formula is C12H12BrN3O2S. The molecule has 3 N–H and O–H groups in total. The summed E-state index contributed by atoms with van der Waals surface area (Å²) >= 11 is 4.72. The number of hydrogen-bond donors (Lipinski definition) is 2. The maximum Gasteiger partial charge on any atom is 0.275 e. The van der Waals surface area contributed by atoms with Crippen molar-refractivity contribution in [3.8, 4) is 5.75 Å². The van der Waals surface area contributed by atoms with Crippen molar-refractivity contribution in [1.29, 1.82) is 0 Å². The van der Waals surface area contributed by atoms with Crippen molar-refractivity contribution in [3.63, 3.8) is 0 Å². The molecule has 100 valence electrons. The average molecular weight is 342 g/mol. The molecule has 0 spiro atoms. The lowest BCUT2D eigenvalue weighted by molar-refractivity contribution is 0.102. The summed E-state index contributed by atoms with van der Waals surface area (Å²) in [5, 5.41) is 5.19. The van der Waals surface area contributed by atoms with Crippen molar-refractivity contribution >= 4 is 38.9 Å². The molecule has 0 aliphatic carbocycles. The Balaban J connectivity index is 2.16.